The maximum atomic E-state index is 5.56. The molecule has 1 N–H and O–H groups in total. The average Bonchev–Trinajstić information content (AvgIpc) is 2.37. The van der Waals surface area contributed by atoms with Crippen molar-refractivity contribution in [3.63, 3.8) is 0 Å². The monoisotopic (exact) mass is 244 g/mol. The summed E-state index contributed by atoms with van der Waals surface area (Å²) in [6.45, 7) is 8.80. The van der Waals surface area contributed by atoms with E-state index in [4.69, 9.17) is 9.47 Å². The molecule has 0 spiro atoms. The van der Waals surface area contributed by atoms with Crippen LogP contribution in [0.2, 0.25) is 0 Å². The second-order valence-corrected chi connectivity index (χ2v) is 4.61. The molecule has 4 nitrogen and oxygen atoms in total. The Bertz CT molecular complexity index is 178. The van der Waals surface area contributed by atoms with Gasteiger partial charge in [0.2, 0.25) is 0 Å². The molecule has 0 amide bonds. The maximum absolute atomic E-state index is 5.56. The smallest absolute Gasteiger partial charge is 0.158 e. The third kappa shape index (κ3) is 5.82. The number of piperidine rings is 1. The molecule has 0 aliphatic carbocycles. The van der Waals surface area contributed by atoms with Gasteiger partial charge in [-0.2, -0.15) is 0 Å². The number of hydrogen-bond donors (Lipinski definition) is 1. The van der Waals surface area contributed by atoms with E-state index in [0.717, 1.165) is 32.7 Å². The van der Waals surface area contributed by atoms with E-state index in [1.165, 1.54) is 19.4 Å². The van der Waals surface area contributed by atoms with Crippen molar-refractivity contribution in [1.29, 1.82) is 0 Å². The second-order valence-electron chi connectivity index (χ2n) is 4.61. The minimum Gasteiger partial charge on any atom is -0.353 e. The van der Waals surface area contributed by atoms with Gasteiger partial charge in [-0.15, -0.1) is 0 Å². The summed E-state index contributed by atoms with van der Waals surface area (Å²) in [5.41, 5.74) is 0. The molecule has 4 heteroatoms. The number of likely N-dealkylation sites (N-methyl/N-ethyl adjacent to an activating group) is 1. The highest BCUT2D eigenvalue weighted by atomic mass is 16.7. The highest BCUT2D eigenvalue weighted by Gasteiger charge is 2.18. The van der Waals surface area contributed by atoms with Gasteiger partial charge in [-0.25, -0.2) is 0 Å². The molecule has 1 fully saturated rings. The molecular weight excluding hydrogens is 216 g/mol. The predicted octanol–water partition coefficient (Wildman–Crippen LogP) is 1.46. The fourth-order valence-corrected chi connectivity index (χ4v) is 2.29. The molecule has 1 atom stereocenters. The summed E-state index contributed by atoms with van der Waals surface area (Å²) in [5, 5.41) is 3.45. The Kier molecular flexibility index (Phi) is 7.77. The maximum Gasteiger partial charge on any atom is 0.158 e. The first-order valence-corrected chi connectivity index (χ1v) is 6.92. The van der Waals surface area contributed by atoms with Crippen molar-refractivity contribution < 1.29 is 9.47 Å². The van der Waals surface area contributed by atoms with Gasteiger partial charge in [-0.3, -0.25) is 0 Å². The van der Waals surface area contributed by atoms with Crippen LogP contribution in [-0.4, -0.2) is 57.1 Å². The zero-order chi connectivity index (χ0) is 12.5. The molecule has 0 aromatic carbocycles. The van der Waals surface area contributed by atoms with E-state index in [0.29, 0.717) is 6.04 Å². The van der Waals surface area contributed by atoms with Crippen LogP contribution in [0.25, 0.3) is 0 Å². The molecule has 1 saturated heterocycles. The van der Waals surface area contributed by atoms with Crippen molar-refractivity contribution in [3.05, 3.63) is 0 Å². The van der Waals surface area contributed by atoms with Crippen LogP contribution in [0.3, 0.4) is 0 Å². The SMILES string of the molecule is CCOC(CCN(C)C1CCCNC1)OCC. The summed E-state index contributed by atoms with van der Waals surface area (Å²) in [4.78, 5) is 2.43. The number of nitrogens with zero attached hydrogens (tertiary/aromatic N) is 1. The van der Waals surface area contributed by atoms with E-state index >= 15 is 0 Å². The van der Waals surface area contributed by atoms with Crippen LogP contribution in [0.1, 0.15) is 33.1 Å². The van der Waals surface area contributed by atoms with Crippen LogP contribution < -0.4 is 5.32 Å². The van der Waals surface area contributed by atoms with Gasteiger partial charge in [-0.1, -0.05) is 0 Å². The van der Waals surface area contributed by atoms with Crippen molar-refractivity contribution >= 4 is 0 Å². The Hall–Kier alpha value is -0.160. The predicted molar refractivity (Wildman–Crippen MR) is 70.2 cm³/mol. The van der Waals surface area contributed by atoms with Gasteiger partial charge >= 0.3 is 0 Å². The van der Waals surface area contributed by atoms with Crippen LogP contribution >= 0.6 is 0 Å². The largest absolute Gasteiger partial charge is 0.353 e. The van der Waals surface area contributed by atoms with E-state index in [9.17, 15) is 0 Å². The summed E-state index contributed by atoms with van der Waals surface area (Å²) in [5.74, 6) is 0. The zero-order valence-corrected chi connectivity index (χ0v) is 11.6. The molecule has 17 heavy (non-hydrogen) atoms. The van der Waals surface area contributed by atoms with Crippen molar-refractivity contribution in [1.82, 2.24) is 10.2 Å². The molecule has 1 rings (SSSR count). The first kappa shape index (κ1) is 14.9. The number of hydrogen-bond acceptors (Lipinski definition) is 4. The topological polar surface area (TPSA) is 33.7 Å². The number of nitrogens with one attached hydrogen (secondary N) is 1. The zero-order valence-electron chi connectivity index (χ0n) is 11.6. The number of rotatable bonds is 8. The molecule has 0 radical (unpaired) electrons. The van der Waals surface area contributed by atoms with Gasteiger partial charge < -0.3 is 19.7 Å². The highest BCUT2D eigenvalue weighted by molar-refractivity contribution is 4.76. The minimum atomic E-state index is -0.0380. The van der Waals surface area contributed by atoms with Crippen molar-refractivity contribution in [3.8, 4) is 0 Å². The highest BCUT2D eigenvalue weighted by Crippen LogP contribution is 2.10. The summed E-state index contributed by atoms with van der Waals surface area (Å²) >= 11 is 0. The fourth-order valence-electron chi connectivity index (χ4n) is 2.29. The molecule has 102 valence electrons. The lowest BCUT2D eigenvalue weighted by Gasteiger charge is -2.32. The average molecular weight is 244 g/mol. The Balaban J connectivity index is 2.21. The third-order valence-electron chi connectivity index (χ3n) is 3.32. The summed E-state index contributed by atoms with van der Waals surface area (Å²) in [7, 11) is 2.20. The van der Waals surface area contributed by atoms with Crippen molar-refractivity contribution in [2.75, 3.05) is 39.9 Å². The molecule has 0 bridgehead atoms. The van der Waals surface area contributed by atoms with Crippen LogP contribution in [0.5, 0.6) is 0 Å². The van der Waals surface area contributed by atoms with Gasteiger partial charge in [0, 0.05) is 38.8 Å². The summed E-state index contributed by atoms with van der Waals surface area (Å²) in [6, 6.07) is 0.674. The molecular formula is C13H28N2O2. The molecule has 1 unspecified atom stereocenters. The van der Waals surface area contributed by atoms with Crippen LogP contribution in [-0.2, 0) is 9.47 Å². The van der Waals surface area contributed by atoms with E-state index < -0.39 is 0 Å². The van der Waals surface area contributed by atoms with Gasteiger partial charge in [0.05, 0.1) is 0 Å². The Morgan fingerprint density at radius 1 is 1.29 bits per heavy atom. The van der Waals surface area contributed by atoms with Crippen molar-refractivity contribution in [2.45, 2.75) is 45.4 Å². The lowest BCUT2D eigenvalue weighted by Crippen LogP contribution is -2.45. The summed E-state index contributed by atoms with van der Waals surface area (Å²) < 4.78 is 11.1. The van der Waals surface area contributed by atoms with Crippen LogP contribution in [0.15, 0.2) is 0 Å². The quantitative estimate of drug-likeness (QED) is 0.655. The van der Waals surface area contributed by atoms with Gasteiger partial charge in [0.25, 0.3) is 0 Å². The van der Waals surface area contributed by atoms with E-state index in [2.05, 4.69) is 17.3 Å². The molecule has 1 aliphatic rings. The lowest BCUT2D eigenvalue weighted by atomic mass is 10.1. The Morgan fingerprint density at radius 2 is 2.00 bits per heavy atom. The molecule has 0 aromatic rings. The van der Waals surface area contributed by atoms with Crippen LogP contribution in [0.4, 0.5) is 0 Å². The second kappa shape index (κ2) is 8.86. The fraction of sp³-hybridized carbons (Fsp3) is 1.00. The Morgan fingerprint density at radius 3 is 2.53 bits per heavy atom. The summed E-state index contributed by atoms with van der Waals surface area (Å²) in [6.07, 6.45) is 3.51. The van der Waals surface area contributed by atoms with Crippen LogP contribution in [0, 0.1) is 0 Å². The minimum absolute atomic E-state index is 0.0380. The van der Waals surface area contributed by atoms with E-state index in [1.807, 2.05) is 13.8 Å². The van der Waals surface area contributed by atoms with Gasteiger partial charge in [0.1, 0.15) is 0 Å². The molecule has 0 aromatic heterocycles. The molecule has 1 aliphatic heterocycles. The first-order valence-electron chi connectivity index (χ1n) is 6.92. The standard InChI is InChI=1S/C13H28N2O2/c1-4-16-13(17-5-2)8-10-15(3)12-7-6-9-14-11-12/h12-14H,4-11H2,1-3H3. The Labute approximate surface area is 106 Å². The number of ether oxygens (including phenoxy) is 2. The lowest BCUT2D eigenvalue weighted by molar-refractivity contribution is -0.142. The van der Waals surface area contributed by atoms with Gasteiger partial charge in [-0.05, 0) is 40.3 Å². The first-order chi connectivity index (χ1) is 8.27. The molecule has 1 heterocycles. The molecule has 0 saturated carbocycles. The van der Waals surface area contributed by atoms with Gasteiger partial charge in [0.15, 0.2) is 6.29 Å². The van der Waals surface area contributed by atoms with E-state index in [-0.39, 0.29) is 6.29 Å². The van der Waals surface area contributed by atoms with Crippen molar-refractivity contribution in [2.24, 2.45) is 0 Å². The normalized spacial score (nSPS) is 21.4. The third-order valence-corrected chi connectivity index (χ3v) is 3.32. The van der Waals surface area contributed by atoms with E-state index in [1.54, 1.807) is 0 Å².